The lowest BCUT2D eigenvalue weighted by atomic mass is 10.0. The zero-order valence-corrected chi connectivity index (χ0v) is 17.1. The molecule has 1 N–H and O–H groups in total. The number of imide groups is 1. The zero-order chi connectivity index (χ0) is 21.2. The van der Waals surface area contributed by atoms with Crippen LogP contribution in [-0.4, -0.2) is 31.5 Å². The van der Waals surface area contributed by atoms with Crippen molar-refractivity contribution in [3.8, 4) is 11.1 Å². The molecule has 0 atom stereocenters. The summed E-state index contributed by atoms with van der Waals surface area (Å²) in [4.78, 5) is 29.0. The fraction of sp³-hybridized carbons (Fsp3) is 0.136. The molecule has 29 heavy (non-hydrogen) atoms. The normalized spacial score (nSPS) is 11.1. The number of aromatic nitrogens is 1. The molecule has 148 valence electrons. The first-order valence-electron chi connectivity index (χ1n) is 8.84. The largest absolute Gasteiger partial charge is 0.288 e. The lowest BCUT2D eigenvalue weighted by Crippen LogP contribution is -2.30. The van der Waals surface area contributed by atoms with Crippen LogP contribution in [0.4, 0.5) is 0 Å². The first kappa shape index (κ1) is 20.4. The summed E-state index contributed by atoms with van der Waals surface area (Å²) in [6, 6.07) is 15.1. The molecule has 0 aliphatic carbocycles. The number of hydrogen-bond acceptors (Lipinski definition) is 5. The number of carbonyl (C=O) groups excluding carboxylic acids is 2. The number of rotatable bonds is 4. The Morgan fingerprint density at radius 1 is 0.828 bits per heavy atom. The van der Waals surface area contributed by atoms with E-state index in [4.69, 9.17) is 0 Å². The van der Waals surface area contributed by atoms with Crippen LogP contribution in [0.5, 0.6) is 0 Å². The third kappa shape index (κ3) is 4.94. The Labute approximate surface area is 169 Å². The highest BCUT2D eigenvalue weighted by molar-refractivity contribution is 7.90. The third-order valence-corrected chi connectivity index (χ3v) is 5.47. The van der Waals surface area contributed by atoms with E-state index in [9.17, 15) is 18.0 Å². The van der Waals surface area contributed by atoms with Gasteiger partial charge in [-0.1, -0.05) is 29.8 Å². The number of aryl methyl sites for hydroxylation is 2. The van der Waals surface area contributed by atoms with Gasteiger partial charge in [0.05, 0.1) is 10.5 Å². The van der Waals surface area contributed by atoms with E-state index in [1.54, 1.807) is 25.1 Å². The summed E-state index contributed by atoms with van der Waals surface area (Å²) in [5.74, 6) is -1.29. The molecule has 0 unspecified atom stereocenters. The van der Waals surface area contributed by atoms with Crippen LogP contribution in [0.25, 0.3) is 11.1 Å². The first-order chi connectivity index (χ1) is 13.6. The van der Waals surface area contributed by atoms with Gasteiger partial charge in [0.15, 0.2) is 9.84 Å². The molecule has 0 bridgehead atoms. The Kier molecular flexibility index (Phi) is 5.61. The summed E-state index contributed by atoms with van der Waals surface area (Å²) in [7, 11) is -3.56. The number of nitrogens with one attached hydrogen (secondary N) is 1. The van der Waals surface area contributed by atoms with Gasteiger partial charge in [-0.2, -0.15) is 0 Å². The van der Waals surface area contributed by atoms with Crippen LogP contribution in [0.15, 0.2) is 65.7 Å². The number of hydrogen-bond donors (Lipinski definition) is 1. The van der Waals surface area contributed by atoms with E-state index in [1.165, 1.54) is 18.3 Å². The fourth-order valence-corrected chi connectivity index (χ4v) is 3.39. The Balaban J connectivity index is 1.97. The zero-order valence-electron chi connectivity index (χ0n) is 16.3. The SMILES string of the molecule is Cc1ccc(-c2cc(C(=O)NC(=O)c3ccc(C)nc3)cc(S(C)(=O)=O)c2)cc1. The molecular weight excluding hydrogens is 388 g/mol. The maximum atomic E-state index is 12.7. The van der Waals surface area contributed by atoms with E-state index < -0.39 is 21.7 Å². The van der Waals surface area contributed by atoms with Crippen molar-refractivity contribution in [3.05, 3.63) is 83.2 Å². The van der Waals surface area contributed by atoms with E-state index in [1.807, 2.05) is 31.2 Å². The van der Waals surface area contributed by atoms with Crippen molar-refractivity contribution in [1.82, 2.24) is 10.3 Å². The van der Waals surface area contributed by atoms with Gasteiger partial charge in [-0.05, 0) is 55.3 Å². The van der Waals surface area contributed by atoms with Crippen LogP contribution in [0.1, 0.15) is 32.0 Å². The predicted molar refractivity (Wildman–Crippen MR) is 110 cm³/mol. The second kappa shape index (κ2) is 7.97. The van der Waals surface area contributed by atoms with E-state index in [0.29, 0.717) is 5.56 Å². The molecule has 6 nitrogen and oxygen atoms in total. The van der Waals surface area contributed by atoms with Crippen LogP contribution in [-0.2, 0) is 9.84 Å². The summed E-state index contributed by atoms with van der Waals surface area (Å²) in [6.07, 6.45) is 2.45. The first-order valence-corrected chi connectivity index (χ1v) is 10.7. The molecule has 0 radical (unpaired) electrons. The van der Waals surface area contributed by atoms with Gasteiger partial charge in [-0.3, -0.25) is 19.9 Å². The molecule has 2 aromatic carbocycles. The second-order valence-electron chi connectivity index (χ2n) is 6.86. The lowest BCUT2D eigenvalue weighted by molar-refractivity contribution is 0.0849. The molecular formula is C22H20N2O4S. The quantitative estimate of drug-likeness (QED) is 0.669. The second-order valence-corrected chi connectivity index (χ2v) is 8.87. The standard InChI is InChI=1S/C22H20N2O4S/c1-14-4-7-16(8-5-14)18-10-19(12-20(11-18)29(3,27)28)22(26)24-21(25)17-9-6-15(2)23-13-17/h4-13H,1-3H3,(H,24,25,26). The highest BCUT2D eigenvalue weighted by atomic mass is 32.2. The van der Waals surface area contributed by atoms with Crippen molar-refractivity contribution < 1.29 is 18.0 Å². The predicted octanol–water partition coefficient (Wildman–Crippen LogP) is 3.34. The van der Waals surface area contributed by atoms with Crippen LogP contribution < -0.4 is 5.32 Å². The van der Waals surface area contributed by atoms with Gasteiger partial charge in [-0.25, -0.2) is 8.42 Å². The third-order valence-electron chi connectivity index (χ3n) is 4.38. The van der Waals surface area contributed by atoms with Gasteiger partial charge < -0.3 is 0 Å². The highest BCUT2D eigenvalue weighted by Gasteiger charge is 2.17. The molecule has 3 aromatic rings. The van der Waals surface area contributed by atoms with Crippen molar-refractivity contribution in [2.75, 3.05) is 6.26 Å². The van der Waals surface area contributed by atoms with E-state index in [0.717, 1.165) is 23.1 Å². The molecule has 0 saturated heterocycles. The van der Waals surface area contributed by atoms with Gasteiger partial charge in [-0.15, -0.1) is 0 Å². The molecule has 1 aromatic heterocycles. The van der Waals surface area contributed by atoms with Crippen LogP contribution >= 0.6 is 0 Å². The summed E-state index contributed by atoms with van der Waals surface area (Å²) >= 11 is 0. The highest BCUT2D eigenvalue weighted by Crippen LogP contribution is 2.25. The van der Waals surface area contributed by atoms with Gasteiger partial charge in [0.25, 0.3) is 11.8 Å². The van der Waals surface area contributed by atoms with Crippen molar-refractivity contribution in [3.63, 3.8) is 0 Å². The molecule has 0 fully saturated rings. The van der Waals surface area contributed by atoms with Gasteiger partial charge in [0, 0.05) is 23.7 Å². The van der Waals surface area contributed by atoms with Gasteiger partial charge in [0.1, 0.15) is 0 Å². The van der Waals surface area contributed by atoms with Crippen molar-refractivity contribution in [2.24, 2.45) is 0 Å². The monoisotopic (exact) mass is 408 g/mol. The van der Waals surface area contributed by atoms with Crippen LogP contribution in [0.2, 0.25) is 0 Å². The Morgan fingerprint density at radius 3 is 2.07 bits per heavy atom. The molecule has 0 aliphatic heterocycles. The molecule has 7 heteroatoms. The molecule has 3 rings (SSSR count). The van der Waals surface area contributed by atoms with Gasteiger partial charge >= 0.3 is 0 Å². The minimum absolute atomic E-state index is 0.00479. The average Bonchev–Trinajstić information content (AvgIpc) is 2.68. The van der Waals surface area contributed by atoms with Crippen LogP contribution in [0, 0.1) is 13.8 Å². The molecule has 0 aliphatic rings. The number of carbonyl (C=O) groups is 2. The van der Waals surface area contributed by atoms with Crippen molar-refractivity contribution in [2.45, 2.75) is 18.7 Å². The molecule has 2 amide bonds. The topological polar surface area (TPSA) is 93.2 Å². The maximum absolute atomic E-state index is 12.7. The Bertz CT molecular complexity index is 1180. The lowest BCUT2D eigenvalue weighted by Gasteiger charge is -2.10. The minimum Gasteiger partial charge on any atom is -0.288 e. The molecule has 0 saturated carbocycles. The summed E-state index contributed by atoms with van der Waals surface area (Å²) in [5.41, 5.74) is 3.46. The number of amides is 2. The molecule has 0 spiro atoms. The number of pyridine rings is 1. The summed E-state index contributed by atoms with van der Waals surface area (Å²) in [6.45, 7) is 3.73. The Morgan fingerprint density at radius 2 is 1.48 bits per heavy atom. The maximum Gasteiger partial charge on any atom is 0.259 e. The fourth-order valence-electron chi connectivity index (χ4n) is 2.71. The van der Waals surface area contributed by atoms with E-state index >= 15 is 0 Å². The van der Waals surface area contributed by atoms with Gasteiger partial charge in [0.2, 0.25) is 0 Å². The van der Waals surface area contributed by atoms with E-state index in [2.05, 4.69) is 10.3 Å². The summed E-state index contributed by atoms with van der Waals surface area (Å²) in [5, 5.41) is 2.29. The van der Waals surface area contributed by atoms with Crippen molar-refractivity contribution >= 4 is 21.7 Å². The molecule has 1 heterocycles. The van der Waals surface area contributed by atoms with E-state index in [-0.39, 0.29) is 16.0 Å². The Hall–Kier alpha value is -3.32. The smallest absolute Gasteiger partial charge is 0.259 e. The van der Waals surface area contributed by atoms with Crippen LogP contribution in [0.3, 0.4) is 0 Å². The summed E-state index contributed by atoms with van der Waals surface area (Å²) < 4.78 is 24.2. The number of sulfone groups is 1. The van der Waals surface area contributed by atoms with Crippen molar-refractivity contribution in [1.29, 1.82) is 0 Å². The minimum atomic E-state index is -3.56. The average molecular weight is 408 g/mol. The number of benzene rings is 2. The number of nitrogens with zero attached hydrogens (tertiary/aromatic N) is 1.